The van der Waals surface area contributed by atoms with E-state index in [9.17, 15) is 13.2 Å². The van der Waals surface area contributed by atoms with Crippen molar-refractivity contribution >= 4 is 33.4 Å². The van der Waals surface area contributed by atoms with Crippen LogP contribution < -0.4 is 0 Å². The van der Waals surface area contributed by atoms with Gasteiger partial charge in [-0.3, -0.25) is 4.79 Å². The van der Waals surface area contributed by atoms with Crippen molar-refractivity contribution in [3.8, 4) is 0 Å². The molecule has 1 atom stereocenters. The summed E-state index contributed by atoms with van der Waals surface area (Å²) in [6, 6.07) is 14.0. The third-order valence-corrected chi connectivity index (χ3v) is 6.50. The van der Waals surface area contributed by atoms with Crippen molar-refractivity contribution in [2.45, 2.75) is 24.3 Å². The van der Waals surface area contributed by atoms with Crippen molar-refractivity contribution in [2.75, 3.05) is 13.1 Å². The van der Waals surface area contributed by atoms with E-state index in [1.165, 1.54) is 0 Å². The summed E-state index contributed by atoms with van der Waals surface area (Å²) in [6.45, 7) is 1.20. The topological polar surface area (TPSA) is 76.0 Å². The minimum absolute atomic E-state index is 0.161. The monoisotopic (exact) mass is 418 g/mol. The Morgan fingerprint density at radius 2 is 2.04 bits per heavy atom. The highest BCUT2D eigenvalue weighted by Crippen LogP contribution is 2.30. The van der Waals surface area contributed by atoms with E-state index in [0.29, 0.717) is 35.9 Å². The number of carbonyl (C=O) groups is 1. The molecule has 1 fully saturated rings. The van der Waals surface area contributed by atoms with Gasteiger partial charge in [0, 0.05) is 23.7 Å². The van der Waals surface area contributed by atoms with Crippen LogP contribution in [0.2, 0.25) is 5.02 Å². The lowest BCUT2D eigenvalue weighted by Crippen LogP contribution is -2.42. The zero-order chi connectivity index (χ0) is 19.7. The van der Waals surface area contributed by atoms with Gasteiger partial charge in [0.05, 0.1) is 5.92 Å². The van der Waals surface area contributed by atoms with E-state index in [1.54, 1.807) is 36.4 Å². The summed E-state index contributed by atoms with van der Waals surface area (Å²) in [4.78, 5) is 14.6. The molecule has 0 radical (unpaired) electrons. The molecule has 146 valence electrons. The van der Waals surface area contributed by atoms with Crippen molar-refractivity contribution in [1.82, 2.24) is 4.90 Å². The average Bonchev–Trinajstić information content (AvgIpc) is 2.98. The number of carbonyl (C=O) groups excluding carboxylic acids is 1. The van der Waals surface area contributed by atoms with E-state index >= 15 is 0 Å². The van der Waals surface area contributed by atoms with E-state index < -0.39 is 10.0 Å². The quantitative estimate of drug-likeness (QED) is 0.715. The zero-order valence-electron chi connectivity index (χ0n) is 15.0. The number of benzene rings is 2. The van der Waals surface area contributed by atoms with Crippen molar-refractivity contribution in [3.05, 3.63) is 64.7 Å². The molecule has 0 saturated carbocycles. The normalized spacial score (nSPS) is 20.4. The molecule has 2 aromatic rings. The van der Waals surface area contributed by atoms with Gasteiger partial charge in [0.25, 0.3) is 10.0 Å². The molecule has 2 aliphatic heterocycles. The smallest absolute Gasteiger partial charge is 0.311 e. The van der Waals surface area contributed by atoms with Gasteiger partial charge >= 0.3 is 5.97 Å². The number of rotatable bonds is 3. The fourth-order valence-corrected chi connectivity index (χ4v) is 5.02. The molecule has 0 bridgehead atoms. The van der Waals surface area contributed by atoms with Crippen molar-refractivity contribution in [2.24, 2.45) is 10.3 Å². The van der Waals surface area contributed by atoms with Gasteiger partial charge < -0.3 is 9.64 Å². The van der Waals surface area contributed by atoms with E-state index in [-0.39, 0.29) is 23.4 Å². The van der Waals surface area contributed by atoms with Gasteiger partial charge in [-0.2, -0.15) is 8.42 Å². The Hall–Kier alpha value is -2.38. The lowest BCUT2D eigenvalue weighted by Gasteiger charge is -2.32. The molecule has 28 heavy (non-hydrogen) atoms. The van der Waals surface area contributed by atoms with Crippen LogP contribution in [0.5, 0.6) is 0 Å². The summed E-state index contributed by atoms with van der Waals surface area (Å²) >= 11 is 5.96. The first-order valence-corrected chi connectivity index (χ1v) is 10.9. The van der Waals surface area contributed by atoms with Crippen LogP contribution in [0, 0.1) is 5.92 Å². The Morgan fingerprint density at radius 3 is 2.86 bits per heavy atom. The van der Waals surface area contributed by atoms with Gasteiger partial charge in [-0.1, -0.05) is 35.9 Å². The maximum atomic E-state index is 12.5. The zero-order valence-corrected chi connectivity index (χ0v) is 16.6. The summed E-state index contributed by atoms with van der Waals surface area (Å²) < 4.78 is 34.0. The summed E-state index contributed by atoms with van der Waals surface area (Å²) in [7, 11) is -3.67. The molecule has 2 aromatic carbocycles. The second-order valence-corrected chi connectivity index (χ2v) is 8.92. The van der Waals surface area contributed by atoms with Crippen molar-refractivity contribution in [1.29, 1.82) is 0 Å². The minimum atomic E-state index is -3.67. The molecule has 2 aliphatic rings. The number of piperidine rings is 1. The maximum absolute atomic E-state index is 12.5. The Kier molecular flexibility index (Phi) is 5.12. The molecular formula is C20H19ClN2O4S. The third kappa shape index (κ3) is 3.77. The molecule has 2 heterocycles. The molecule has 6 nitrogen and oxygen atoms in total. The number of nitrogens with zero attached hydrogens (tertiary/aromatic N) is 2. The standard InChI is InChI=1S/C20H19ClN2O4S/c21-16-7-3-5-14(11-16)13-27-20(24)15-6-4-10-23(12-15)19-17-8-1-2-9-18(17)28(25,26)22-19/h1-3,5,7-9,11,15H,4,6,10,12-13H2. The molecule has 0 spiro atoms. The van der Waals surface area contributed by atoms with Crippen LogP contribution >= 0.6 is 11.6 Å². The van der Waals surface area contributed by atoms with Crippen LogP contribution in [-0.2, 0) is 26.2 Å². The molecule has 1 saturated heterocycles. The molecule has 8 heteroatoms. The molecule has 0 amide bonds. The van der Waals surface area contributed by atoms with Gasteiger partial charge in [0.15, 0.2) is 5.84 Å². The van der Waals surface area contributed by atoms with E-state index in [4.69, 9.17) is 16.3 Å². The van der Waals surface area contributed by atoms with E-state index in [0.717, 1.165) is 12.0 Å². The van der Waals surface area contributed by atoms with Gasteiger partial charge in [-0.25, -0.2) is 0 Å². The van der Waals surface area contributed by atoms with Gasteiger partial charge in [0.2, 0.25) is 0 Å². The SMILES string of the molecule is O=C(OCc1cccc(Cl)c1)C1CCCN(C2=NS(=O)(=O)c3ccccc32)C1. The summed E-state index contributed by atoms with van der Waals surface area (Å²) in [5.41, 5.74) is 1.42. The highest BCUT2D eigenvalue weighted by Gasteiger charge is 2.35. The van der Waals surface area contributed by atoms with Gasteiger partial charge in [-0.05, 0) is 42.7 Å². The molecule has 0 N–H and O–H groups in total. The highest BCUT2D eigenvalue weighted by atomic mass is 35.5. The lowest BCUT2D eigenvalue weighted by atomic mass is 9.97. The number of fused-ring (bicyclic) bond motifs is 1. The summed E-state index contributed by atoms with van der Waals surface area (Å²) in [5, 5.41) is 0.594. The van der Waals surface area contributed by atoms with Gasteiger partial charge in [0.1, 0.15) is 11.5 Å². The van der Waals surface area contributed by atoms with Crippen LogP contribution in [0.15, 0.2) is 57.8 Å². The van der Waals surface area contributed by atoms with Crippen LogP contribution in [0.4, 0.5) is 0 Å². The largest absolute Gasteiger partial charge is 0.461 e. The predicted octanol–water partition coefficient (Wildman–Crippen LogP) is 3.24. The fraction of sp³-hybridized carbons (Fsp3) is 0.300. The number of sulfonamides is 1. The number of hydrogen-bond donors (Lipinski definition) is 0. The van der Waals surface area contributed by atoms with Crippen LogP contribution in [-0.4, -0.2) is 38.2 Å². The Balaban J connectivity index is 1.46. The molecule has 0 aliphatic carbocycles. The highest BCUT2D eigenvalue weighted by molar-refractivity contribution is 7.90. The molecule has 1 unspecified atom stereocenters. The fourth-order valence-electron chi connectivity index (χ4n) is 3.58. The summed E-state index contributed by atoms with van der Waals surface area (Å²) in [5.74, 6) is -0.201. The number of amidine groups is 1. The van der Waals surface area contributed by atoms with Crippen LogP contribution in [0.3, 0.4) is 0 Å². The Labute approximate surface area is 168 Å². The Morgan fingerprint density at radius 1 is 1.21 bits per heavy atom. The molecular weight excluding hydrogens is 400 g/mol. The van der Waals surface area contributed by atoms with Crippen molar-refractivity contribution in [3.63, 3.8) is 0 Å². The first-order valence-electron chi connectivity index (χ1n) is 9.04. The number of halogens is 1. The lowest BCUT2D eigenvalue weighted by molar-refractivity contribution is -0.151. The molecule has 4 rings (SSSR count). The number of hydrogen-bond acceptors (Lipinski definition) is 5. The first-order chi connectivity index (χ1) is 13.4. The van der Waals surface area contributed by atoms with Gasteiger partial charge in [-0.15, -0.1) is 4.40 Å². The first kappa shape index (κ1) is 19.0. The second-order valence-electron chi connectivity index (χ2n) is 6.91. The second kappa shape index (κ2) is 7.56. The number of esters is 1. The van der Waals surface area contributed by atoms with Crippen LogP contribution in [0.1, 0.15) is 24.0 Å². The van der Waals surface area contributed by atoms with Crippen LogP contribution in [0.25, 0.3) is 0 Å². The average molecular weight is 419 g/mol. The minimum Gasteiger partial charge on any atom is -0.461 e. The molecule has 0 aromatic heterocycles. The van der Waals surface area contributed by atoms with E-state index in [2.05, 4.69) is 4.40 Å². The van der Waals surface area contributed by atoms with E-state index in [1.807, 2.05) is 17.0 Å². The summed E-state index contributed by atoms with van der Waals surface area (Å²) in [6.07, 6.45) is 1.46. The predicted molar refractivity (Wildman–Crippen MR) is 106 cm³/mol. The number of likely N-dealkylation sites (tertiary alicyclic amines) is 1. The number of ether oxygens (including phenoxy) is 1. The Bertz CT molecular complexity index is 1050. The maximum Gasteiger partial charge on any atom is 0.311 e. The van der Waals surface area contributed by atoms with Crippen molar-refractivity contribution < 1.29 is 17.9 Å². The third-order valence-electron chi connectivity index (χ3n) is 4.94.